The molecule has 1 fully saturated rings. The van der Waals surface area contributed by atoms with E-state index in [9.17, 15) is 9.18 Å². The van der Waals surface area contributed by atoms with Crippen molar-refractivity contribution in [1.82, 2.24) is 15.3 Å². The van der Waals surface area contributed by atoms with Gasteiger partial charge in [0.1, 0.15) is 23.3 Å². The lowest BCUT2D eigenvalue weighted by molar-refractivity contribution is -0.120. The average molecular weight is 420 g/mol. The Labute approximate surface area is 175 Å². The van der Waals surface area contributed by atoms with Crippen LogP contribution in [-0.2, 0) is 11.2 Å². The van der Waals surface area contributed by atoms with Crippen molar-refractivity contribution >= 4 is 29.1 Å². The van der Waals surface area contributed by atoms with E-state index in [1.165, 1.54) is 25.3 Å². The lowest BCUT2D eigenvalue weighted by Gasteiger charge is -2.28. The largest absolute Gasteiger partial charge is 0.368 e. The molecular weight excluding hydrogens is 393 g/mol. The fourth-order valence-electron chi connectivity index (χ4n) is 3.36. The molecule has 3 rings (SSSR count). The summed E-state index contributed by atoms with van der Waals surface area (Å²) in [5.41, 5.74) is 0.839. The molecule has 29 heavy (non-hydrogen) atoms. The van der Waals surface area contributed by atoms with Gasteiger partial charge in [0.2, 0.25) is 5.91 Å². The first-order valence-corrected chi connectivity index (χ1v) is 10.4. The summed E-state index contributed by atoms with van der Waals surface area (Å²) in [6.07, 6.45) is 4.51. The zero-order valence-electron chi connectivity index (χ0n) is 16.7. The molecule has 0 unspecified atom stereocenters. The van der Waals surface area contributed by atoms with E-state index in [1.54, 1.807) is 12.1 Å². The van der Waals surface area contributed by atoms with Crippen LogP contribution in [0, 0.1) is 12.7 Å². The number of hydrogen-bond donors (Lipinski definition) is 2. The van der Waals surface area contributed by atoms with Crippen molar-refractivity contribution in [3.63, 3.8) is 0 Å². The van der Waals surface area contributed by atoms with Gasteiger partial charge in [-0.15, -0.1) is 0 Å². The summed E-state index contributed by atoms with van der Waals surface area (Å²) in [5, 5.41) is 6.22. The first kappa shape index (κ1) is 21.3. The zero-order chi connectivity index (χ0) is 20.6. The SMILES string of the molecule is Cc1nc(NCCNC(=O)CCc2ccc(F)c(Cl)c2)cc(N2CCCCC2)n1. The van der Waals surface area contributed by atoms with Gasteiger partial charge < -0.3 is 15.5 Å². The maximum atomic E-state index is 13.2. The minimum absolute atomic E-state index is 0.0554. The molecule has 156 valence electrons. The minimum atomic E-state index is -0.450. The Balaban J connectivity index is 1.41. The van der Waals surface area contributed by atoms with E-state index in [4.69, 9.17) is 11.6 Å². The highest BCUT2D eigenvalue weighted by molar-refractivity contribution is 6.30. The van der Waals surface area contributed by atoms with Crippen molar-refractivity contribution in [3.8, 4) is 0 Å². The van der Waals surface area contributed by atoms with E-state index >= 15 is 0 Å². The molecule has 0 spiro atoms. The van der Waals surface area contributed by atoms with Crippen molar-refractivity contribution in [2.45, 2.75) is 39.0 Å². The molecule has 8 heteroatoms. The smallest absolute Gasteiger partial charge is 0.220 e. The number of halogens is 2. The van der Waals surface area contributed by atoms with Crippen LogP contribution >= 0.6 is 11.6 Å². The Bertz CT molecular complexity index is 842. The van der Waals surface area contributed by atoms with Gasteiger partial charge in [0.15, 0.2) is 0 Å². The highest BCUT2D eigenvalue weighted by Crippen LogP contribution is 2.20. The number of anilines is 2. The molecule has 6 nitrogen and oxygen atoms in total. The van der Waals surface area contributed by atoms with Crippen LogP contribution in [0.3, 0.4) is 0 Å². The van der Waals surface area contributed by atoms with Crippen LogP contribution in [0.2, 0.25) is 5.02 Å². The maximum Gasteiger partial charge on any atom is 0.220 e. The number of rotatable bonds is 8. The van der Waals surface area contributed by atoms with E-state index in [2.05, 4.69) is 25.5 Å². The number of aryl methyl sites for hydroxylation is 2. The predicted octanol–water partition coefficient (Wildman–Crippen LogP) is 3.73. The molecule has 0 atom stereocenters. The summed E-state index contributed by atoms with van der Waals surface area (Å²) in [6.45, 7) is 5.02. The molecule has 1 aromatic carbocycles. The number of carbonyl (C=O) groups is 1. The predicted molar refractivity (Wildman–Crippen MR) is 114 cm³/mol. The summed E-state index contributed by atoms with van der Waals surface area (Å²) in [7, 11) is 0. The third-order valence-electron chi connectivity index (χ3n) is 4.88. The Kier molecular flexibility index (Phi) is 7.63. The fraction of sp³-hybridized carbons (Fsp3) is 0.476. The van der Waals surface area contributed by atoms with Crippen LogP contribution in [-0.4, -0.2) is 42.1 Å². The standard InChI is InChI=1S/C21H27ClFN5O/c1-15-26-19(14-20(27-15)28-11-3-2-4-12-28)24-9-10-25-21(29)8-6-16-5-7-18(23)17(22)13-16/h5,7,13-14H,2-4,6,8-12H2,1H3,(H,25,29)(H,24,26,27). The number of hydrogen-bond acceptors (Lipinski definition) is 5. The number of amides is 1. The lowest BCUT2D eigenvalue weighted by Crippen LogP contribution is -2.31. The van der Waals surface area contributed by atoms with E-state index in [0.29, 0.717) is 25.9 Å². The maximum absolute atomic E-state index is 13.2. The first-order chi connectivity index (χ1) is 14.0. The quantitative estimate of drug-likeness (QED) is 0.638. The summed E-state index contributed by atoms with van der Waals surface area (Å²) < 4.78 is 13.2. The van der Waals surface area contributed by atoms with Crippen LogP contribution in [0.25, 0.3) is 0 Å². The molecule has 1 amide bonds. The van der Waals surface area contributed by atoms with Crippen molar-refractivity contribution < 1.29 is 9.18 Å². The monoisotopic (exact) mass is 419 g/mol. The van der Waals surface area contributed by atoms with Crippen molar-refractivity contribution in [2.24, 2.45) is 0 Å². The van der Waals surface area contributed by atoms with Crippen molar-refractivity contribution in [2.75, 3.05) is 36.4 Å². The number of aromatic nitrogens is 2. The second-order valence-corrected chi connectivity index (χ2v) is 7.64. The lowest BCUT2D eigenvalue weighted by atomic mass is 10.1. The number of nitrogens with one attached hydrogen (secondary N) is 2. The van der Waals surface area contributed by atoms with Gasteiger partial charge in [-0.25, -0.2) is 14.4 Å². The molecule has 0 aliphatic carbocycles. The van der Waals surface area contributed by atoms with Gasteiger partial charge in [-0.2, -0.15) is 0 Å². The number of nitrogens with zero attached hydrogens (tertiary/aromatic N) is 3. The second kappa shape index (κ2) is 10.4. The molecule has 1 aliphatic rings. The van der Waals surface area contributed by atoms with Crippen molar-refractivity contribution in [3.05, 3.63) is 46.5 Å². The van der Waals surface area contributed by atoms with Crippen LogP contribution in [0.1, 0.15) is 37.1 Å². The van der Waals surface area contributed by atoms with Crippen LogP contribution in [0.5, 0.6) is 0 Å². The molecule has 2 aromatic rings. The number of benzene rings is 1. The molecule has 2 heterocycles. The number of carbonyl (C=O) groups excluding carboxylic acids is 1. The summed E-state index contributed by atoms with van der Waals surface area (Å²) in [6, 6.07) is 6.50. The summed E-state index contributed by atoms with van der Waals surface area (Å²) in [5.74, 6) is 1.96. The number of piperidine rings is 1. The minimum Gasteiger partial charge on any atom is -0.368 e. The third kappa shape index (κ3) is 6.56. The third-order valence-corrected chi connectivity index (χ3v) is 5.17. The molecule has 1 aliphatic heterocycles. The Morgan fingerprint density at radius 3 is 2.72 bits per heavy atom. The molecule has 1 saturated heterocycles. The van der Waals surface area contributed by atoms with E-state index < -0.39 is 5.82 Å². The van der Waals surface area contributed by atoms with Gasteiger partial charge in [-0.05, 0) is 50.3 Å². The van der Waals surface area contributed by atoms with Gasteiger partial charge in [0, 0.05) is 38.7 Å². The van der Waals surface area contributed by atoms with Crippen LogP contribution in [0.4, 0.5) is 16.0 Å². The zero-order valence-corrected chi connectivity index (χ0v) is 17.4. The normalized spacial score (nSPS) is 14.0. The topological polar surface area (TPSA) is 70.2 Å². The van der Waals surface area contributed by atoms with Crippen molar-refractivity contribution in [1.29, 1.82) is 0 Å². The van der Waals surface area contributed by atoms with Crippen LogP contribution < -0.4 is 15.5 Å². The molecule has 0 bridgehead atoms. The molecule has 0 saturated carbocycles. The van der Waals surface area contributed by atoms with Gasteiger partial charge in [-0.1, -0.05) is 17.7 Å². The van der Waals surface area contributed by atoms with E-state index in [1.807, 2.05) is 13.0 Å². The average Bonchev–Trinajstić information content (AvgIpc) is 2.72. The molecular formula is C21H27ClFN5O. The molecule has 2 N–H and O–H groups in total. The first-order valence-electron chi connectivity index (χ1n) is 10.1. The fourth-order valence-corrected chi connectivity index (χ4v) is 3.56. The van der Waals surface area contributed by atoms with Gasteiger partial charge >= 0.3 is 0 Å². The Morgan fingerprint density at radius 2 is 1.97 bits per heavy atom. The highest BCUT2D eigenvalue weighted by Gasteiger charge is 2.13. The van der Waals surface area contributed by atoms with Gasteiger partial charge in [0.05, 0.1) is 5.02 Å². The molecule has 0 radical (unpaired) electrons. The van der Waals surface area contributed by atoms with E-state index in [0.717, 1.165) is 36.1 Å². The van der Waals surface area contributed by atoms with E-state index in [-0.39, 0.29) is 10.9 Å². The second-order valence-electron chi connectivity index (χ2n) is 7.23. The Hall–Kier alpha value is -2.41. The molecule has 1 aromatic heterocycles. The van der Waals surface area contributed by atoms with Gasteiger partial charge in [0.25, 0.3) is 0 Å². The van der Waals surface area contributed by atoms with Gasteiger partial charge in [-0.3, -0.25) is 4.79 Å². The van der Waals surface area contributed by atoms with Crippen LogP contribution in [0.15, 0.2) is 24.3 Å². The summed E-state index contributed by atoms with van der Waals surface area (Å²) in [4.78, 5) is 23.3. The highest BCUT2D eigenvalue weighted by atomic mass is 35.5. The summed E-state index contributed by atoms with van der Waals surface area (Å²) >= 11 is 5.76. The Morgan fingerprint density at radius 1 is 1.17 bits per heavy atom.